The van der Waals surface area contributed by atoms with Gasteiger partial charge in [0.15, 0.2) is 0 Å². The minimum Gasteiger partial charge on any atom is -0.481 e. The van der Waals surface area contributed by atoms with Crippen molar-refractivity contribution < 1.29 is 9.90 Å². The third-order valence-corrected chi connectivity index (χ3v) is 4.05. The van der Waals surface area contributed by atoms with Crippen LogP contribution in [0.5, 0.6) is 0 Å². The molecule has 2 rings (SSSR count). The summed E-state index contributed by atoms with van der Waals surface area (Å²) in [6.07, 6.45) is 1.66. The fourth-order valence-corrected chi connectivity index (χ4v) is 2.53. The number of carboxylic acid groups (broad SMARTS) is 1. The molecular formula is C15H15Cl2NO2. The molecular weight excluding hydrogens is 297 g/mol. The molecule has 20 heavy (non-hydrogen) atoms. The van der Waals surface area contributed by atoms with Gasteiger partial charge in [-0.1, -0.05) is 35.0 Å². The molecule has 3 nitrogen and oxygen atoms in total. The molecule has 0 saturated carbocycles. The van der Waals surface area contributed by atoms with Crippen LogP contribution in [0.15, 0.2) is 18.2 Å². The number of hydrogen-bond donors (Lipinski definition) is 1. The monoisotopic (exact) mass is 311 g/mol. The zero-order valence-electron chi connectivity index (χ0n) is 10.9. The Bertz CT molecular complexity index is 563. The van der Waals surface area contributed by atoms with E-state index in [9.17, 15) is 4.79 Å². The van der Waals surface area contributed by atoms with Crippen molar-refractivity contribution >= 4 is 29.2 Å². The Kier molecular flexibility index (Phi) is 5.31. The highest BCUT2D eigenvalue weighted by molar-refractivity contribution is 6.42. The molecule has 0 aromatic heterocycles. The second-order valence-electron chi connectivity index (χ2n) is 4.84. The average Bonchev–Trinajstić information content (AvgIpc) is 2.43. The average molecular weight is 312 g/mol. The van der Waals surface area contributed by atoms with Crippen LogP contribution >= 0.6 is 23.2 Å². The normalized spacial score (nSPS) is 19.2. The van der Waals surface area contributed by atoms with Gasteiger partial charge in [0.25, 0.3) is 0 Å². The number of benzene rings is 1. The molecule has 0 bridgehead atoms. The number of rotatable bonds is 2. The molecule has 1 fully saturated rings. The highest BCUT2D eigenvalue weighted by atomic mass is 35.5. The quantitative estimate of drug-likeness (QED) is 0.853. The highest BCUT2D eigenvalue weighted by Gasteiger charge is 2.24. The van der Waals surface area contributed by atoms with Crippen molar-refractivity contribution in [3.8, 4) is 11.8 Å². The number of aliphatic carboxylic acids is 1. The number of carboxylic acids is 1. The first-order valence-corrected chi connectivity index (χ1v) is 7.21. The van der Waals surface area contributed by atoms with Crippen molar-refractivity contribution in [3.63, 3.8) is 0 Å². The number of hydrogen-bond acceptors (Lipinski definition) is 2. The second-order valence-corrected chi connectivity index (χ2v) is 5.66. The van der Waals surface area contributed by atoms with Crippen molar-refractivity contribution in [2.45, 2.75) is 12.8 Å². The van der Waals surface area contributed by atoms with E-state index in [0.29, 0.717) is 23.1 Å². The summed E-state index contributed by atoms with van der Waals surface area (Å²) in [6, 6.07) is 5.26. The summed E-state index contributed by atoms with van der Waals surface area (Å²) in [4.78, 5) is 13.1. The van der Waals surface area contributed by atoms with Gasteiger partial charge >= 0.3 is 5.97 Å². The standard InChI is InChI=1S/C15H15Cl2NO2/c16-13-6-5-11(9-14(13)17)3-1-7-18-8-2-4-12(10-18)15(19)20/h5-6,9,12H,2,4,7-8,10H2,(H,19,20). The van der Waals surface area contributed by atoms with Crippen molar-refractivity contribution in [3.05, 3.63) is 33.8 Å². The van der Waals surface area contributed by atoms with E-state index in [4.69, 9.17) is 28.3 Å². The lowest BCUT2D eigenvalue weighted by Gasteiger charge is -2.28. The molecule has 1 atom stereocenters. The van der Waals surface area contributed by atoms with Crippen LogP contribution in [0, 0.1) is 17.8 Å². The summed E-state index contributed by atoms with van der Waals surface area (Å²) in [5, 5.41) is 10.0. The summed E-state index contributed by atoms with van der Waals surface area (Å²) in [7, 11) is 0. The van der Waals surface area contributed by atoms with Crippen LogP contribution in [-0.4, -0.2) is 35.6 Å². The molecule has 106 valence electrons. The first-order chi connectivity index (χ1) is 9.56. The molecule has 0 radical (unpaired) electrons. The molecule has 0 amide bonds. The minimum absolute atomic E-state index is 0.268. The van der Waals surface area contributed by atoms with E-state index in [-0.39, 0.29) is 5.92 Å². The van der Waals surface area contributed by atoms with E-state index >= 15 is 0 Å². The number of halogens is 2. The molecule has 1 unspecified atom stereocenters. The van der Waals surface area contributed by atoms with Crippen molar-refractivity contribution in [1.82, 2.24) is 4.90 Å². The van der Waals surface area contributed by atoms with Crippen LogP contribution in [0.2, 0.25) is 10.0 Å². The predicted octanol–water partition coefficient (Wildman–Crippen LogP) is 3.14. The van der Waals surface area contributed by atoms with E-state index in [2.05, 4.69) is 16.7 Å². The highest BCUT2D eigenvalue weighted by Crippen LogP contribution is 2.22. The van der Waals surface area contributed by atoms with Crippen molar-refractivity contribution in [2.24, 2.45) is 5.92 Å². The van der Waals surface area contributed by atoms with Crippen LogP contribution < -0.4 is 0 Å². The molecule has 1 aliphatic heterocycles. The summed E-state index contributed by atoms with van der Waals surface area (Å²) >= 11 is 11.8. The molecule has 1 N–H and O–H groups in total. The largest absolute Gasteiger partial charge is 0.481 e. The molecule has 1 aliphatic rings. The van der Waals surface area contributed by atoms with Gasteiger partial charge in [0.1, 0.15) is 0 Å². The van der Waals surface area contributed by atoms with Crippen molar-refractivity contribution in [2.75, 3.05) is 19.6 Å². The van der Waals surface area contributed by atoms with Crippen LogP contribution in [0.4, 0.5) is 0 Å². The fourth-order valence-electron chi connectivity index (χ4n) is 2.23. The zero-order valence-corrected chi connectivity index (χ0v) is 12.4. The molecule has 0 aliphatic carbocycles. The lowest BCUT2D eigenvalue weighted by molar-refractivity contribution is -0.143. The van der Waals surface area contributed by atoms with Crippen LogP contribution in [0.1, 0.15) is 18.4 Å². The fraction of sp³-hybridized carbons (Fsp3) is 0.400. The molecule has 0 spiro atoms. The topological polar surface area (TPSA) is 40.5 Å². The van der Waals surface area contributed by atoms with Gasteiger partial charge in [-0.25, -0.2) is 0 Å². The number of nitrogens with zero attached hydrogens (tertiary/aromatic N) is 1. The Hall–Kier alpha value is -1.21. The molecule has 1 aromatic rings. The maximum atomic E-state index is 11.0. The second kappa shape index (κ2) is 6.99. The molecule has 1 saturated heterocycles. The van der Waals surface area contributed by atoms with Crippen LogP contribution in [-0.2, 0) is 4.79 Å². The van der Waals surface area contributed by atoms with Gasteiger partial charge in [-0.3, -0.25) is 9.69 Å². The van der Waals surface area contributed by atoms with E-state index in [1.165, 1.54) is 0 Å². The first-order valence-electron chi connectivity index (χ1n) is 6.45. The van der Waals surface area contributed by atoms with Gasteiger partial charge in [0, 0.05) is 12.1 Å². The van der Waals surface area contributed by atoms with Gasteiger partial charge in [-0.2, -0.15) is 0 Å². The first kappa shape index (κ1) is 15.2. The molecule has 1 aromatic carbocycles. The summed E-state index contributed by atoms with van der Waals surface area (Å²) in [6.45, 7) is 2.05. The zero-order chi connectivity index (χ0) is 14.5. The Morgan fingerprint density at radius 2 is 2.20 bits per heavy atom. The van der Waals surface area contributed by atoms with Crippen LogP contribution in [0.3, 0.4) is 0 Å². The van der Waals surface area contributed by atoms with Crippen molar-refractivity contribution in [1.29, 1.82) is 0 Å². The summed E-state index contributed by atoms with van der Waals surface area (Å²) < 4.78 is 0. The lowest BCUT2D eigenvalue weighted by atomic mass is 9.98. The van der Waals surface area contributed by atoms with Gasteiger partial charge < -0.3 is 5.11 Å². The third-order valence-electron chi connectivity index (χ3n) is 3.31. The smallest absolute Gasteiger partial charge is 0.307 e. The summed E-state index contributed by atoms with van der Waals surface area (Å²) in [5.41, 5.74) is 0.811. The molecule has 5 heteroatoms. The minimum atomic E-state index is -0.716. The Labute approximate surface area is 128 Å². The van der Waals surface area contributed by atoms with Gasteiger partial charge in [-0.15, -0.1) is 0 Å². The predicted molar refractivity (Wildman–Crippen MR) is 80.1 cm³/mol. The van der Waals surface area contributed by atoms with E-state index in [0.717, 1.165) is 24.9 Å². The maximum absolute atomic E-state index is 11.0. The summed E-state index contributed by atoms with van der Waals surface area (Å²) in [5.74, 6) is 5.10. The Morgan fingerprint density at radius 1 is 1.40 bits per heavy atom. The van der Waals surface area contributed by atoms with E-state index < -0.39 is 5.97 Å². The van der Waals surface area contributed by atoms with Gasteiger partial charge in [-0.05, 0) is 37.6 Å². The lowest BCUT2D eigenvalue weighted by Crippen LogP contribution is -2.38. The Morgan fingerprint density at radius 3 is 2.90 bits per heavy atom. The van der Waals surface area contributed by atoms with E-state index in [1.54, 1.807) is 12.1 Å². The van der Waals surface area contributed by atoms with Gasteiger partial charge in [0.2, 0.25) is 0 Å². The SMILES string of the molecule is O=C(O)C1CCCN(CC#Cc2ccc(Cl)c(Cl)c2)C1. The third kappa shape index (κ3) is 4.14. The molecule has 1 heterocycles. The number of piperidine rings is 1. The number of likely N-dealkylation sites (tertiary alicyclic amines) is 1. The number of carbonyl (C=O) groups is 1. The van der Waals surface area contributed by atoms with Gasteiger partial charge in [0.05, 0.1) is 22.5 Å². The maximum Gasteiger partial charge on any atom is 0.307 e. The van der Waals surface area contributed by atoms with E-state index in [1.807, 2.05) is 6.07 Å². The van der Waals surface area contributed by atoms with Crippen LogP contribution in [0.25, 0.3) is 0 Å². The Balaban J connectivity index is 1.93.